The number of carboxylic acids is 1. The number of hydrogen-bond donors (Lipinski definition) is 2. The summed E-state index contributed by atoms with van der Waals surface area (Å²) in [5, 5.41) is 18.4. The fourth-order valence-corrected chi connectivity index (χ4v) is 2.93. The lowest BCUT2D eigenvalue weighted by Crippen LogP contribution is -2.31. The molecule has 3 N–H and O–H groups in total. The molecule has 3 aromatic rings. The van der Waals surface area contributed by atoms with Crippen LogP contribution in [0, 0.1) is 11.3 Å². The first-order valence-electron chi connectivity index (χ1n) is 10.4. The average molecular weight is 460 g/mol. The summed E-state index contributed by atoms with van der Waals surface area (Å²) in [6.07, 6.45) is 0. The van der Waals surface area contributed by atoms with Crippen molar-refractivity contribution in [1.29, 1.82) is 5.26 Å². The number of carbonyl (C=O) groups excluding carboxylic acids is 1. The van der Waals surface area contributed by atoms with E-state index in [1.54, 1.807) is 75.4 Å². The maximum absolute atomic E-state index is 12.2. The van der Waals surface area contributed by atoms with Crippen molar-refractivity contribution in [3.05, 3.63) is 83.4 Å². The Kier molecular flexibility index (Phi) is 7.19. The van der Waals surface area contributed by atoms with E-state index in [1.165, 1.54) is 12.1 Å². The van der Waals surface area contributed by atoms with Gasteiger partial charge in [0, 0.05) is 6.07 Å². The zero-order chi connectivity index (χ0) is 24.9. The number of hydrogen-bond acceptors (Lipinski definition) is 7. The molecule has 0 aliphatic heterocycles. The van der Waals surface area contributed by atoms with Gasteiger partial charge in [-0.15, -0.1) is 0 Å². The predicted molar refractivity (Wildman–Crippen MR) is 124 cm³/mol. The Balaban J connectivity index is 1.78. The van der Waals surface area contributed by atoms with Crippen molar-refractivity contribution < 1.29 is 28.9 Å². The second-order valence-electron chi connectivity index (χ2n) is 8.42. The van der Waals surface area contributed by atoms with Crippen LogP contribution in [-0.2, 0) is 9.53 Å². The summed E-state index contributed by atoms with van der Waals surface area (Å²) >= 11 is 0. The lowest BCUT2D eigenvalue weighted by Gasteiger charge is -2.22. The van der Waals surface area contributed by atoms with Gasteiger partial charge in [0.05, 0.1) is 17.2 Å². The SMILES string of the molecule is CC(C)(C)OC(=O)C(N)c1ccc(Oc2cc(Oc3ccc(C#N)cc3)cc(C(=O)O)c2)cc1. The van der Waals surface area contributed by atoms with Crippen molar-refractivity contribution in [2.45, 2.75) is 32.4 Å². The summed E-state index contributed by atoms with van der Waals surface area (Å²) in [5.41, 5.74) is 6.35. The van der Waals surface area contributed by atoms with Gasteiger partial charge < -0.3 is 25.1 Å². The number of carboxylic acid groups (broad SMARTS) is 1. The van der Waals surface area contributed by atoms with Crippen LogP contribution in [0.3, 0.4) is 0 Å². The van der Waals surface area contributed by atoms with E-state index in [0.717, 1.165) is 0 Å². The third-order valence-corrected chi connectivity index (χ3v) is 4.48. The lowest BCUT2D eigenvalue weighted by atomic mass is 10.1. The van der Waals surface area contributed by atoms with Crippen LogP contribution in [0.25, 0.3) is 0 Å². The largest absolute Gasteiger partial charge is 0.478 e. The molecule has 1 unspecified atom stereocenters. The van der Waals surface area contributed by atoms with Gasteiger partial charge in [-0.2, -0.15) is 5.26 Å². The molecule has 0 aliphatic carbocycles. The fourth-order valence-electron chi connectivity index (χ4n) is 2.93. The number of rotatable bonds is 7. The van der Waals surface area contributed by atoms with Gasteiger partial charge in [0.1, 0.15) is 34.6 Å². The average Bonchev–Trinajstić information content (AvgIpc) is 2.78. The highest BCUT2D eigenvalue weighted by atomic mass is 16.6. The van der Waals surface area contributed by atoms with Crippen LogP contribution in [0.5, 0.6) is 23.0 Å². The van der Waals surface area contributed by atoms with E-state index < -0.39 is 23.6 Å². The van der Waals surface area contributed by atoms with E-state index in [4.69, 9.17) is 25.2 Å². The number of nitrogens with two attached hydrogens (primary N) is 1. The molecule has 0 amide bonds. The highest BCUT2D eigenvalue weighted by Crippen LogP contribution is 2.31. The van der Waals surface area contributed by atoms with Gasteiger partial charge in [0.15, 0.2) is 0 Å². The van der Waals surface area contributed by atoms with Gasteiger partial charge in [0.25, 0.3) is 0 Å². The van der Waals surface area contributed by atoms with Gasteiger partial charge in [-0.1, -0.05) is 12.1 Å². The molecule has 0 aliphatic rings. The summed E-state index contributed by atoms with van der Waals surface area (Å²) in [6, 6.07) is 18.3. The quantitative estimate of drug-likeness (QED) is 0.461. The molecular formula is C26H24N2O6. The van der Waals surface area contributed by atoms with Crippen LogP contribution in [0.2, 0.25) is 0 Å². The predicted octanol–water partition coefficient (Wildman–Crippen LogP) is 5.18. The molecule has 0 fully saturated rings. The van der Waals surface area contributed by atoms with E-state index >= 15 is 0 Å². The zero-order valence-electron chi connectivity index (χ0n) is 18.9. The first-order chi connectivity index (χ1) is 16.0. The van der Waals surface area contributed by atoms with Crippen LogP contribution >= 0.6 is 0 Å². The highest BCUT2D eigenvalue weighted by Gasteiger charge is 2.23. The number of aromatic carboxylic acids is 1. The highest BCUT2D eigenvalue weighted by molar-refractivity contribution is 5.88. The minimum Gasteiger partial charge on any atom is -0.478 e. The molecule has 0 spiro atoms. The molecule has 34 heavy (non-hydrogen) atoms. The Bertz CT molecular complexity index is 1220. The van der Waals surface area contributed by atoms with Crippen molar-refractivity contribution in [2.24, 2.45) is 5.73 Å². The van der Waals surface area contributed by atoms with E-state index in [2.05, 4.69) is 0 Å². The molecule has 0 heterocycles. The van der Waals surface area contributed by atoms with E-state index in [9.17, 15) is 14.7 Å². The zero-order valence-corrected chi connectivity index (χ0v) is 18.9. The molecular weight excluding hydrogens is 436 g/mol. The molecule has 3 rings (SSSR count). The molecule has 0 bridgehead atoms. The molecule has 0 radical (unpaired) electrons. The van der Waals surface area contributed by atoms with Crippen molar-refractivity contribution >= 4 is 11.9 Å². The molecule has 0 saturated carbocycles. The number of esters is 1. The van der Waals surface area contributed by atoms with Crippen molar-refractivity contribution in [3.8, 4) is 29.1 Å². The Labute approximate surface area is 197 Å². The van der Waals surface area contributed by atoms with Crippen molar-refractivity contribution in [1.82, 2.24) is 0 Å². The molecule has 3 aromatic carbocycles. The third-order valence-electron chi connectivity index (χ3n) is 4.48. The van der Waals surface area contributed by atoms with Crippen molar-refractivity contribution in [3.63, 3.8) is 0 Å². The third kappa shape index (κ3) is 6.58. The van der Waals surface area contributed by atoms with Crippen molar-refractivity contribution in [2.75, 3.05) is 0 Å². The lowest BCUT2D eigenvalue weighted by molar-refractivity contribution is -0.156. The summed E-state index contributed by atoms with van der Waals surface area (Å²) in [6.45, 7) is 5.29. The van der Waals surface area contributed by atoms with Gasteiger partial charge in [-0.05, 0) is 74.9 Å². The Morgan fingerprint density at radius 3 is 1.82 bits per heavy atom. The smallest absolute Gasteiger partial charge is 0.335 e. The molecule has 0 saturated heterocycles. The summed E-state index contributed by atoms with van der Waals surface area (Å²) < 4.78 is 16.9. The van der Waals surface area contributed by atoms with Crippen LogP contribution < -0.4 is 15.2 Å². The summed E-state index contributed by atoms with van der Waals surface area (Å²) in [4.78, 5) is 23.8. The van der Waals surface area contributed by atoms with E-state index in [-0.39, 0.29) is 17.1 Å². The monoisotopic (exact) mass is 460 g/mol. The molecule has 174 valence electrons. The topological polar surface area (TPSA) is 132 Å². The number of nitriles is 1. The number of carbonyl (C=O) groups is 2. The minimum absolute atomic E-state index is 0.0234. The second kappa shape index (κ2) is 10.1. The second-order valence-corrected chi connectivity index (χ2v) is 8.42. The maximum Gasteiger partial charge on any atom is 0.335 e. The van der Waals surface area contributed by atoms with Gasteiger partial charge >= 0.3 is 11.9 Å². The van der Waals surface area contributed by atoms with Crippen LogP contribution in [0.4, 0.5) is 0 Å². The standard InChI is InChI=1S/C26H24N2O6/c1-26(2,3)34-25(31)23(28)17-6-10-20(11-7-17)33-22-13-18(24(29)30)12-21(14-22)32-19-8-4-16(15-27)5-9-19/h4-14,23H,28H2,1-3H3,(H,29,30). The first-order valence-corrected chi connectivity index (χ1v) is 10.4. The number of ether oxygens (including phenoxy) is 3. The van der Waals surface area contributed by atoms with Gasteiger partial charge in [0.2, 0.25) is 0 Å². The fraction of sp³-hybridized carbons (Fsp3) is 0.192. The van der Waals surface area contributed by atoms with E-state index in [1.807, 2.05) is 6.07 Å². The van der Waals surface area contributed by atoms with E-state index in [0.29, 0.717) is 22.6 Å². The van der Waals surface area contributed by atoms with Gasteiger partial charge in [-0.3, -0.25) is 0 Å². The number of benzene rings is 3. The molecule has 8 nitrogen and oxygen atoms in total. The Morgan fingerprint density at radius 2 is 1.38 bits per heavy atom. The maximum atomic E-state index is 12.2. The molecule has 0 aromatic heterocycles. The first kappa shape index (κ1) is 24.3. The summed E-state index contributed by atoms with van der Waals surface area (Å²) in [5.74, 6) is -0.343. The Morgan fingerprint density at radius 1 is 0.882 bits per heavy atom. The van der Waals surface area contributed by atoms with Crippen LogP contribution in [0.1, 0.15) is 48.3 Å². The minimum atomic E-state index is -1.14. The molecule has 8 heteroatoms. The van der Waals surface area contributed by atoms with Gasteiger partial charge in [-0.25, -0.2) is 9.59 Å². The normalized spacial score (nSPS) is 11.7. The molecule has 1 atom stereocenters. The van der Waals surface area contributed by atoms with Crippen LogP contribution in [-0.4, -0.2) is 22.6 Å². The summed E-state index contributed by atoms with van der Waals surface area (Å²) in [7, 11) is 0. The van der Waals surface area contributed by atoms with Crippen LogP contribution in [0.15, 0.2) is 66.7 Å². The number of nitrogens with zero attached hydrogens (tertiary/aromatic N) is 1. The Hall–Kier alpha value is -4.35.